The standard InChI is InChI=1S/C23H28N2O6/c1-29-19-12-11-17(15-20(19)30-2)22(27)24-13-7-10-21(26)25-18(23(28)31-3)14-16-8-5-4-6-9-16/h4-6,8-9,11-12,15,18H,7,10,13-14H2,1-3H3,(H,24,27)(H,25,26). The van der Waals surface area contributed by atoms with E-state index in [9.17, 15) is 14.4 Å². The van der Waals surface area contributed by atoms with E-state index in [1.54, 1.807) is 18.2 Å². The molecule has 2 aromatic rings. The van der Waals surface area contributed by atoms with Gasteiger partial charge in [-0.2, -0.15) is 0 Å². The first-order valence-corrected chi connectivity index (χ1v) is 9.89. The number of carbonyl (C=O) groups is 3. The lowest BCUT2D eigenvalue weighted by Gasteiger charge is -2.16. The van der Waals surface area contributed by atoms with Crippen LogP contribution in [0.2, 0.25) is 0 Å². The monoisotopic (exact) mass is 428 g/mol. The van der Waals surface area contributed by atoms with E-state index in [0.29, 0.717) is 36.4 Å². The lowest BCUT2D eigenvalue weighted by Crippen LogP contribution is -2.43. The van der Waals surface area contributed by atoms with Gasteiger partial charge in [0.1, 0.15) is 6.04 Å². The second-order valence-electron chi connectivity index (χ2n) is 6.76. The fourth-order valence-corrected chi connectivity index (χ4v) is 2.98. The highest BCUT2D eigenvalue weighted by Crippen LogP contribution is 2.27. The summed E-state index contributed by atoms with van der Waals surface area (Å²) >= 11 is 0. The summed E-state index contributed by atoms with van der Waals surface area (Å²) in [6.45, 7) is 0.308. The molecule has 2 amide bonds. The number of hydrogen-bond acceptors (Lipinski definition) is 6. The van der Waals surface area contributed by atoms with Gasteiger partial charge in [-0.1, -0.05) is 30.3 Å². The fraction of sp³-hybridized carbons (Fsp3) is 0.348. The Morgan fingerprint density at radius 3 is 2.29 bits per heavy atom. The van der Waals surface area contributed by atoms with E-state index in [1.807, 2.05) is 30.3 Å². The van der Waals surface area contributed by atoms with Gasteiger partial charge in [0, 0.05) is 24.9 Å². The third-order valence-corrected chi connectivity index (χ3v) is 4.62. The summed E-state index contributed by atoms with van der Waals surface area (Å²) in [4.78, 5) is 36.6. The van der Waals surface area contributed by atoms with Crippen molar-refractivity contribution in [2.75, 3.05) is 27.9 Å². The van der Waals surface area contributed by atoms with Crippen LogP contribution in [0.5, 0.6) is 11.5 Å². The van der Waals surface area contributed by atoms with Gasteiger partial charge in [-0.15, -0.1) is 0 Å². The number of rotatable bonds is 11. The van der Waals surface area contributed by atoms with E-state index in [1.165, 1.54) is 21.3 Å². The van der Waals surface area contributed by atoms with Crippen molar-refractivity contribution < 1.29 is 28.6 Å². The lowest BCUT2D eigenvalue weighted by molar-refractivity contribution is -0.145. The predicted octanol–water partition coefficient (Wildman–Crippen LogP) is 2.11. The summed E-state index contributed by atoms with van der Waals surface area (Å²) in [6, 6.07) is 13.5. The van der Waals surface area contributed by atoms with Crippen LogP contribution < -0.4 is 20.1 Å². The summed E-state index contributed by atoms with van der Waals surface area (Å²) in [5.41, 5.74) is 1.34. The van der Waals surface area contributed by atoms with Crippen LogP contribution in [-0.2, 0) is 20.7 Å². The second-order valence-corrected chi connectivity index (χ2v) is 6.76. The van der Waals surface area contributed by atoms with Crippen molar-refractivity contribution in [1.29, 1.82) is 0 Å². The minimum atomic E-state index is -0.763. The van der Waals surface area contributed by atoms with Gasteiger partial charge in [-0.3, -0.25) is 9.59 Å². The van der Waals surface area contributed by atoms with Crippen molar-refractivity contribution in [3.63, 3.8) is 0 Å². The Labute approximate surface area is 181 Å². The van der Waals surface area contributed by atoms with E-state index < -0.39 is 12.0 Å². The molecule has 0 heterocycles. The smallest absolute Gasteiger partial charge is 0.328 e. The Balaban J connectivity index is 1.81. The second kappa shape index (κ2) is 12.2. The van der Waals surface area contributed by atoms with Crippen LogP contribution in [-0.4, -0.2) is 51.7 Å². The topological polar surface area (TPSA) is 103 Å². The number of ether oxygens (including phenoxy) is 3. The summed E-state index contributed by atoms with van der Waals surface area (Å²) < 4.78 is 15.1. The minimum absolute atomic E-state index is 0.161. The molecule has 8 heteroatoms. The van der Waals surface area contributed by atoms with Crippen LogP contribution in [0.1, 0.15) is 28.8 Å². The van der Waals surface area contributed by atoms with Gasteiger partial charge in [-0.25, -0.2) is 4.79 Å². The van der Waals surface area contributed by atoms with Crippen molar-refractivity contribution in [1.82, 2.24) is 10.6 Å². The summed E-state index contributed by atoms with van der Waals surface area (Å²) in [6.07, 6.45) is 0.924. The Morgan fingerprint density at radius 2 is 1.65 bits per heavy atom. The van der Waals surface area contributed by atoms with Crippen molar-refractivity contribution in [2.24, 2.45) is 0 Å². The van der Waals surface area contributed by atoms with Crippen LogP contribution in [0.4, 0.5) is 0 Å². The minimum Gasteiger partial charge on any atom is -0.493 e. The van der Waals surface area contributed by atoms with E-state index in [2.05, 4.69) is 10.6 Å². The van der Waals surface area contributed by atoms with E-state index in [-0.39, 0.29) is 18.2 Å². The van der Waals surface area contributed by atoms with Crippen LogP contribution in [0.15, 0.2) is 48.5 Å². The number of nitrogens with one attached hydrogen (secondary N) is 2. The zero-order valence-electron chi connectivity index (χ0n) is 18.0. The highest BCUT2D eigenvalue weighted by atomic mass is 16.5. The molecule has 0 aromatic heterocycles. The molecule has 1 atom stereocenters. The molecule has 166 valence electrons. The largest absolute Gasteiger partial charge is 0.493 e. The van der Waals surface area contributed by atoms with Gasteiger partial charge >= 0.3 is 5.97 Å². The number of methoxy groups -OCH3 is 3. The highest BCUT2D eigenvalue weighted by molar-refractivity contribution is 5.94. The van der Waals surface area contributed by atoms with Crippen LogP contribution in [0.25, 0.3) is 0 Å². The zero-order valence-corrected chi connectivity index (χ0v) is 18.0. The number of esters is 1. The van der Waals surface area contributed by atoms with Gasteiger partial charge in [0.15, 0.2) is 11.5 Å². The Hall–Kier alpha value is -3.55. The number of carbonyl (C=O) groups excluding carboxylic acids is 3. The maximum atomic E-state index is 12.3. The predicted molar refractivity (Wildman–Crippen MR) is 115 cm³/mol. The molecule has 2 N–H and O–H groups in total. The van der Waals surface area contributed by atoms with Gasteiger partial charge in [0.25, 0.3) is 5.91 Å². The quantitative estimate of drug-likeness (QED) is 0.420. The Kier molecular flexibility index (Phi) is 9.35. The Morgan fingerprint density at radius 1 is 0.935 bits per heavy atom. The average molecular weight is 428 g/mol. The number of amides is 2. The van der Waals surface area contributed by atoms with Crippen molar-refractivity contribution in [2.45, 2.75) is 25.3 Å². The molecule has 1 unspecified atom stereocenters. The molecule has 2 rings (SSSR count). The highest BCUT2D eigenvalue weighted by Gasteiger charge is 2.21. The maximum absolute atomic E-state index is 12.3. The third-order valence-electron chi connectivity index (χ3n) is 4.62. The van der Waals surface area contributed by atoms with E-state index >= 15 is 0 Å². The van der Waals surface area contributed by atoms with Crippen LogP contribution in [0.3, 0.4) is 0 Å². The Bertz CT molecular complexity index is 885. The molecule has 0 bridgehead atoms. The molecule has 0 saturated carbocycles. The average Bonchev–Trinajstić information content (AvgIpc) is 2.80. The molecule has 0 fully saturated rings. The first-order valence-electron chi connectivity index (χ1n) is 9.89. The van der Waals surface area contributed by atoms with Crippen molar-refractivity contribution in [3.8, 4) is 11.5 Å². The molecule has 31 heavy (non-hydrogen) atoms. The van der Waals surface area contributed by atoms with E-state index in [4.69, 9.17) is 14.2 Å². The van der Waals surface area contributed by atoms with E-state index in [0.717, 1.165) is 5.56 Å². The maximum Gasteiger partial charge on any atom is 0.328 e. The zero-order chi connectivity index (χ0) is 22.6. The van der Waals surface area contributed by atoms with Crippen LogP contribution in [0, 0.1) is 0 Å². The van der Waals surface area contributed by atoms with Crippen molar-refractivity contribution >= 4 is 17.8 Å². The fourth-order valence-electron chi connectivity index (χ4n) is 2.98. The molecule has 0 spiro atoms. The van der Waals surface area contributed by atoms with Crippen molar-refractivity contribution in [3.05, 3.63) is 59.7 Å². The summed E-state index contributed by atoms with van der Waals surface area (Å²) in [5.74, 6) is -0.0725. The van der Waals surface area contributed by atoms with Gasteiger partial charge in [0.05, 0.1) is 21.3 Å². The number of hydrogen-bond donors (Lipinski definition) is 2. The van der Waals surface area contributed by atoms with Gasteiger partial charge in [-0.05, 0) is 30.2 Å². The summed E-state index contributed by atoms with van der Waals surface area (Å²) in [5, 5.41) is 5.47. The first-order chi connectivity index (χ1) is 15.0. The van der Waals surface area contributed by atoms with Crippen LogP contribution >= 0.6 is 0 Å². The first kappa shape index (κ1) is 23.7. The van der Waals surface area contributed by atoms with Gasteiger partial charge < -0.3 is 24.8 Å². The summed E-state index contributed by atoms with van der Waals surface area (Å²) in [7, 11) is 4.31. The third kappa shape index (κ3) is 7.33. The molecular weight excluding hydrogens is 400 g/mol. The normalized spacial score (nSPS) is 11.2. The molecule has 0 aliphatic carbocycles. The molecule has 8 nitrogen and oxygen atoms in total. The lowest BCUT2D eigenvalue weighted by atomic mass is 10.1. The molecule has 2 aromatic carbocycles. The number of benzene rings is 2. The molecule has 0 radical (unpaired) electrons. The molecule has 0 saturated heterocycles. The molecular formula is C23H28N2O6. The van der Waals surface area contributed by atoms with Gasteiger partial charge in [0.2, 0.25) is 5.91 Å². The molecule has 0 aliphatic heterocycles. The SMILES string of the molecule is COC(=O)C(Cc1ccccc1)NC(=O)CCCNC(=O)c1ccc(OC)c(OC)c1. The molecule has 0 aliphatic rings.